The van der Waals surface area contributed by atoms with Crippen LogP contribution >= 0.6 is 0 Å². The average Bonchev–Trinajstić information content (AvgIpc) is 3.53. The summed E-state index contributed by atoms with van der Waals surface area (Å²) in [6.07, 6.45) is 0. The van der Waals surface area contributed by atoms with E-state index >= 15 is 0 Å². The first-order valence-electron chi connectivity index (χ1n) is 17.2. The van der Waals surface area contributed by atoms with Crippen molar-refractivity contribution in [3.05, 3.63) is 206 Å². The highest BCUT2D eigenvalue weighted by atomic mass is 15.1. The topological polar surface area (TPSA) is 9.37 Å². The summed E-state index contributed by atoms with van der Waals surface area (Å²) in [5.41, 5.74) is 14.5. The highest BCUT2D eigenvalue weighted by Gasteiger charge is 2.20. The number of benzene rings is 8. The molecule has 0 spiro atoms. The first-order chi connectivity index (χ1) is 24.8. The molecule has 0 saturated carbocycles. The van der Waals surface area contributed by atoms with Gasteiger partial charge in [0.2, 0.25) is 0 Å². The van der Waals surface area contributed by atoms with E-state index in [-0.39, 0.29) is 0 Å². The molecule has 2 heteroatoms. The standard InChI is InChI=1S/C48H34N2/c1-4-12-35(13-5-1)37-20-27-42(28-21-37)49(43-29-22-38(23-30-43)36-14-6-2-7-15-36)44-31-24-39(25-32-44)40-26-33-48-46(34-40)45-18-10-11-19-47(45)50(48)41-16-8-3-9-17-41/h1-34H/p+1. The van der Waals surface area contributed by atoms with Crippen LogP contribution in [0.15, 0.2) is 206 Å². The van der Waals surface area contributed by atoms with Gasteiger partial charge in [0.05, 0.1) is 11.0 Å². The molecule has 0 bridgehead atoms. The minimum absolute atomic E-state index is 1.17. The summed E-state index contributed by atoms with van der Waals surface area (Å²) in [6.45, 7) is 0. The maximum Gasteiger partial charge on any atom is 0.141 e. The van der Waals surface area contributed by atoms with Gasteiger partial charge in [-0.1, -0.05) is 103 Å². The lowest BCUT2D eigenvalue weighted by Gasteiger charge is -2.20. The van der Waals surface area contributed by atoms with Crippen LogP contribution in [-0.4, -0.2) is 4.57 Å². The van der Waals surface area contributed by atoms with E-state index in [9.17, 15) is 0 Å². The van der Waals surface area contributed by atoms with Crippen molar-refractivity contribution in [2.45, 2.75) is 0 Å². The van der Waals surface area contributed by atoms with Crippen molar-refractivity contribution in [1.29, 1.82) is 0 Å². The number of rotatable bonds is 7. The molecule has 8 aromatic carbocycles. The van der Waals surface area contributed by atoms with Crippen LogP contribution in [0.3, 0.4) is 0 Å². The molecule has 0 unspecified atom stereocenters. The second-order valence-electron chi connectivity index (χ2n) is 12.8. The molecular formula is C48H35N2+. The SMILES string of the molecule is c1ccc(-c2ccc([NH+](c3ccc(-c4ccccc4)cc3)c3ccc(-c4ccc5c(c4)c4ccccc4n5-c4ccccc4)cc3)cc2)cc1. The zero-order valence-electron chi connectivity index (χ0n) is 27.6. The largest absolute Gasteiger partial charge is 0.309 e. The predicted molar refractivity (Wildman–Crippen MR) is 210 cm³/mol. The predicted octanol–water partition coefficient (Wildman–Crippen LogP) is 12.0. The molecule has 0 fully saturated rings. The normalized spacial score (nSPS) is 11.4. The summed E-state index contributed by atoms with van der Waals surface area (Å²) < 4.78 is 2.37. The molecule has 1 N–H and O–H groups in total. The molecule has 0 aliphatic rings. The van der Waals surface area contributed by atoms with Gasteiger partial charge >= 0.3 is 0 Å². The highest BCUT2D eigenvalue weighted by Crippen LogP contribution is 2.35. The van der Waals surface area contributed by atoms with Crippen molar-refractivity contribution in [3.8, 4) is 39.1 Å². The average molecular weight is 640 g/mol. The number of quaternary nitrogens is 1. The maximum absolute atomic E-state index is 2.37. The Balaban J connectivity index is 1.10. The van der Waals surface area contributed by atoms with Gasteiger partial charge in [0.25, 0.3) is 0 Å². The lowest BCUT2D eigenvalue weighted by molar-refractivity contribution is -0.681. The van der Waals surface area contributed by atoms with Crippen LogP contribution < -0.4 is 4.90 Å². The van der Waals surface area contributed by atoms with E-state index < -0.39 is 0 Å². The zero-order valence-corrected chi connectivity index (χ0v) is 27.6. The fourth-order valence-corrected chi connectivity index (χ4v) is 7.26. The lowest BCUT2D eigenvalue weighted by atomic mass is 10.0. The minimum Gasteiger partial charge on any atom is -0.309 e. The van der Waals surface area contributed by atoms with Gasteiger partial charge in [0.15, 0.2) is 0 Å². The molecule has 0 aliphatic carbocycles. The van der Waals surface area contributed by atoms with Crippen LogP contribution in [0.5, 0.6) is 0 Å². The summed E-state index contributed by atoms with van der Waals surface area (Å²) in [6, 6.07) is 74.4. The number of hydrogen-bond acceptors (Lipinski definition) is 0. The third-order valence-corrected chi connectivity index (χ3v) is 9.76. The third kappa shape index (κ3) is 5.48. The van der Waals surface area contributed by atoms with E-state index in [2.05, 4.69) is 211 Å². The van der Waals surface area contributed by atoms with Gasteiger partial charge in [-0.25, -0.2) is 4.90 Å². The smallest absolute Gasteiger partial charge is 0.141 e. The summed E-state index contributed by atoms with van der Waals surface area (Å²) in [4.78, 5) is 1.22. The number of nitrogens with one attached hydrogen (secondary N) is 1. The molecule has 2 nitrogen and oxygen atoms in total. The van der Waals surface area contributed by atoms with Gasteiger partial charge in [-0.3, -0.25) is 0 Å². The van der Waals surface area contributed by atoms with Crippen LogP contribution in [0.1, 0.15) is 0 Å². The van der Waals surface area contributed by atoms with E-state index in [1.165, 1.54) is 82.8 Å². The monoisotopic (exact) mass is 639 g/mol. The number of fused-ring (bicyclic) bond motifs is 3. The molecule has 236 valence electrons. The van der Waals surface area contributed by atoms with Gasteiger partial charge in [0, 0.05) is 52.9 Å². The third-order valence-electron chi connectivity index (χ3n) is 9.76. The van der Waals surface area contributed by atoms with Crippen molar-refractivity contribution >= 4 is 38.9 Å². The minimum atomic E-state index is 1.17. The Hall–Kier alpha value is -6.48. The molecule has 0 saturated heterocycles. The summed E-state index contributed by atoms with van der Waals surface area (Å²) >= 11 is 0. The van der Waals surface area contributed by atoms with E-state index in [1.54, 1.807) is 0 Å². The second-order valence-corrected chi connectivity index (χ2v) is 12.8. The Morgan fingerprint density at radius 2 is 0.660 bits per heavy atom. The van der Waals surface area contributed by atoms with Crippen molar-refractivity contribution in [2.75, 3.05) is 0 Å². The van der Waals surface area contributed by atoms with Gasteiger partial charge in [0.1, 0.15) is 17.1 Å². The maximum atomic E-state index is 2.37. The van der Waals surface area contributed by atoms with E-state index in [0.29, 0.717) is 0 Å². The Bertz CT molecular complexity index is 2450. The Labute approximate surface area is 292 Å². The van der Waals surface area contributed by atoms with Crippen LogP contribution in [0.2, 0.25) is 0 Å². The number of hydrogen-bond donors (Lipinski definition) is 1. The van der Waals surface area contributed by atoms with Gasteiger partial charge in [-0.2, -0.15) is 0 Å². The highest BCUT2D eigenvalue weighted by molar-refractivity contribution is 6.10. The first-order valence-corrected chi connectivity index (χ1v) is 17.2. The molecule has 0 atom stereocenters. The zero-order chi connectivity index (χ0) is 33.3. The van der Waals surface area contributed by atoms with E-state index in [0.717, 1.165) is 0 Å². The van der Waals surface area contributed by atoms with E-state index in [1.807, 2.05) is 0 Å². The Kier molecular flexibility index (Phi) is 7.62. The molecule has 0 radical (unpaired) electrons. The molecule has 0 aliphatic heterocycles. The lowest BCUT2D eigenvalue weighted by Crippen LogP contribution is -2.96. The first kappa shape index (κ1) is 29.6. The molecule has 0 amide bonds. The molecule has 50 heavy (non-hydrogen) atoms. The summed E-state index contributed by atoms with van der Waals surface area (Å²) in [5.74, 6) is 0. The van der Waals surface area contributed by atoms with Crippen LogP contribution in [0, 0.1) is 0 Å². The quantitative estimate of drug-likeness (QED) is 0.178. The Morgan fingerprint density at radius 3 is 1.18 bits per heavy atom. The van der Waals surface area contributed by atoms with Gasteiger partial charge in [-0.05, 0) is 100 Å². The van der Waals surface area contributed by atoms with Crippen LogP contribution in [0.4, 0.5) is 17.1 Å². The summed E-state index contributed by atoms with van der Waals surface area (Å²) in [7, 11) is 0. The van der Waals surface area contributed by atoms with Gasteiger partial charge in [-0.15, -0.1) is 0 Å². The van der Waals surface area contributed by atoms with Gasteiger partial charge < -0.3 is 4.57 Å². The van der Waals surface area contributed by atoms with Crippen LogP contribution in [-0.2, 0) is 0 Å². The fraction of sp³-hybridized carbons (Fsp3) is 0. The number of para-hydroxylation sites is 2. The molecule has 9 aromatic rings. The second kappa shape index (κ2) is 12.9. The summed E-state index contributed by atoms with van der Waals surface area (Å²) in [5, 5.41) is 2.52. The molecule has 1 aromatic heterocycles. The van der Waals surface area contributed by atoms with Crippen molar-refractivity contribution in [1.82, 2.24) is 4.57 Å². The fourth-order valence-electron chi connectivity index (χ4n) is 7.26. The molecule has 1 heterocycles. The van der Waals surface area contributed by atoms with E-state index in [4.69, 9.17) is 0 Å². The molecular weight excluding hydrogens is 605 g/mol. The van der Waals surface area contributed by atoms with Crippen molar-refractivity contribution < 1.29 is 4.90 Å². The van der Waals surface area contributed by atoms with Crippen LogP contribution in [0.25, 0.3) is 60.9 Å². The Morgan fingerprint density at radius 1 is 0.280 bits per heavy atom. The van der Waals surface area contributed by atoms with Crippen molar-refractivity contribution in [2.24, 2.45) is 0 Å². The molecule has 9 rings (SSSR count). The number of aromatic nitrogens is 1. The van der Waals surface area contributed by atoms with Crippen molar-refractivity contribution in [3.63, 3.8) is 0 Å². The number of nitrogens with zero attached hydrogens (tertiary/aromatic N) is 1.